The molecule has 0 saturated carbocycles. The Morgan fingerprint density at radius 1 is 1.15 bits per heavy atom. The van der Waals surface area contributed by atoms with E-state index < -0.39 is 0 Å². The van der Waals surface area contributed by atoms with Crippen molar-refractivity contribution in [1.29, 1.82) is 5.26 Å². The Hall–Kier alpha value is -3.85. The zero-order valence-corrected chi connectivity index (χ0v) is 14.8. The van der Waals surface area contributed by atoms with Crippen molar-refractivity contribution in [1.82, 2.24) is 15.2 Å². The van der Waals surface area contributed by atoms with Gasteiger partial charge in [0, 0.05) is 17.3 Å². The lowest BCUT2D eigenvalue weighted by Crippen LogP contribution is -2.02. The van der Waals surface area contributed by atoms with Crippen molar-refractivity contribution in [2.75, 3.05) is 11.1 Å². The molecule has 0 bridgehead atoms. The van der Waals surface area contributed by atoms with E-state index in [9.17, 15) is 0 Å². The number of nitriles is 1. The summed E-state index contributed by atoms with van der Waals surface area (Å²) in [6.45, 7) is 2.54. The van der Waals surface area contributed by atoms with E-state index in [1.54, 1.807) is 6.20 Å². The van der Waals surface area contributed by atoms with Crippen LogP contribution >= 0.6 is 0 Å². The minimum Gasteiger partial charge on any atom is -0.399 e. The second kappa shape index (κ2) is 6.81. The van der Waals surface area contributed by atoms with Crippen LogP contribution in [0.1, 0.15) is 16.8 Å². The molecule has 6 nitrogen and oxygen atoms in total. The molecule has 0 saturated heterocycles. The number of hydrogen-bond donors (Lipinski definition) is 3. The molecule has 0 aliphatic heterocycles. The average Bonchev–Trinajstić information content (AvgIpc) is 3.08. The van der Waals surface area contributed by atoms with Crippen LogP contribution in [0.3, 0.4) is 0 Å². The summed E-state index contributed by atoms with van der Waals surface area (Å²) < 4.78 is 0. The van der Waals surface area contributed by atoms with E-state index in [4.69, 9.17) is 11.0 Å². The van der Waals surface area contributed by atoms with Gasteiger partial charge < -0.3 is 11.1 Å². The minimum atomic E-state index is 0.534. The third kappa shape index (κ3) is 3.31. The Balaban J connectivity index is 1.58. The molecule has 2 aromatic carbocycles. The molecular formula is C21H18N6. The number of aromatic amines is 1. The number of rotatable bonds is 4. The van der Waals surface area contributed by atoms with Crippen molar-refractivity contribution in [2.24, 2.45) is 0 Å². The van der Waals surface area contributed by atoms with Crippen molar-refractivity contribution >= 4 is 22.4 Å². The van der Waals surface area contributed by atoms with Gasteiger partial charge in [0.1, 0.15) is 5.82 Å². The molecular weight excluding hydrogens is 336 g/mol. The van der Waals surface area contributed by atoms with Gasteiger partial charge in [0.15, 0.2) is 0 Å². The summed E-state index contributed by atoms with van der Waals surface area (Å²) >= 11 is 0. The first kappa shape index (κ1) is 16.6. The molecule has 2 aromatic heterocycles. The van der Waals surface area contributed by atoms with Gasteiger partial charge in [-0.15, -0.1) is 0 Å². The first-order valence-corrected chi connectivity index (χ1v) is 8.57. The zero-order chi connectivity index (χ0) is 18.8. The van der Waals surface area contributed by atoms with Crippen LogP contribution in [0.15, 0.2) is 54.7 Å². The Morgan fingerprint density at radius 3 is 2.85 bits per heavy atom. The number of nitrogens with one attached hydrogen (secondary N) is 2. The number of pyridine rings is 1. The number of anilines is 2. The van der Waals surface area contributed by atoms with Crippen LogP contribution in [-0.4, -0.2) is 15.2 Å². The zero-order valence-electron chi connectivity index (χ0n) is 14.8. The second-order valence-corrected chi connectivity index (χ2v) is 6.40. The maximum absolute atomic E-state index is 9.03. The lowest BCUT2D eigenvalue weighted by atomic mass is 9.99. The lowest BCUT2D eigenvalue weighted by Gasteiger charge is -2.09. The van der Waals surface area contributed by atoms with Crippen LogP contribution < -0.4 is 11.1 Å². The number of nitrogen functional groups attached to an aromatic ring is 1. The highest BCUT2D eigenvalue weighted by Crippen LogP contribution is 2.26. The highest BCUT2D eigenvalue weighted by atomic mass is 15.1. The maximum atomic E-state index is 9.03. The van der Waals surface area contributed by atoms with Gasteiger partial charge in [-0.1, -0.05) is 6.07 Å². The Bertz CT molecular complexity index is 1170. The summed E-state index contributed by atoms with van der Waals surface area (Å²) in [4.78, 5) is 4.40. The molecule has 6 heteroatoms. The Morgan fingerprint density at radius 2 is 2.04 bits per heavy atom. The van der Waals surface area contributed by atoms with Gasteiger partial charge in [-0.25, -0.2) is 4.98 Å². The van der Waals surface area contributed by atoms with Crippen LogP contribution in [0.2, 0.25) is 0 Å². The maximum Gasteiger partial charge on any atom is 0.126 e. The number of nitrogens with two attached hydrogens (primary N) is 1. The van der Waals surface area contributed by atoms with E-state index in [0.29, 0.717) is 17.8 Å². The van der Waals surface area contributed by atoms with Gasteiger partial charge in [-0.05, 0) is 66.1 Å². The molecule has 0 aliphatic carbocycles. The predicted octanol–water partition coefficient (Wildman–Crippen LogP) is 4.00. The molecule has 2 heterocycles. The molecule has 4 N–H and O–H groups in total. The summed E-state index contributed by atoms with van der Waals surface area (Å²) in [6.07, 6.45) is 1.77. The van der Waals surface area contributed by atoms with E-state index in [2.05, 4.69) is 26.6 Å². The number of aryl methyl sites for hydroxylation is 1. The number of nitrogens with zero attached hydrogens (tertiary/aromatic N) is 3. The lowest BCUT2D eigenvalue weighted by molar-refractivity contribution is 0.987. The Kier molecular flexibility index (Phi) is 4.19. The standard InChI is InChI=1S/C21H18N6/c1-13-8-14(11-22)2-4-17(13)15-6-7-24-21(9-15)25-12-20-18-10-16(23)3-5-19(18)26-27-20/h2-10H,12,23H2,1H3,(H,24,25)(H,26,27). The van der Waals surface area contributed by atoms with Crippen molar-refractivity contribution in [2.45, 2.75) is 13.5 Å². The van der Waals surface area contributed by atoms with Gasteiger partial charge in [-0.2, -0.15) is 10.4 Å². The monoisotopic (exact) mass is 354 g/mol. The minimum absolute atomic E-state index is 0.534. The smallest absolute Gasteiger partial charge is 0.126 e. The number of benzene rings is 2. The molecule has 0 aliphatic rings. The van der Waals surface area contributed by atoms with Crippen LogP contribution in [0.4, 0.5) is 11.5 Å². The van der Waals surface area contributed by atoms with Crippen LogP contribution in [0.25, 0.3) is 22.0 Å². The van der Waals surface area contributed by atoms with Crippen LogP contribution in [-0.2, 0) is 6.54 Å². The fourth-order valence-electron chi connectivity index (χ4n) is 3.15. The van der Waals surface area contributed by atoms with Crippen molar-refractivity contribution < 1.29 is 0 Å². The molecule has 0 unspecified atom stereocenters. The molecule has 0 radical (unpaired) electrons. The summed E-state index contributed by atoms with van der Waals surface area (Å²) in [5.74, 6) is 0.760. The molecule has 132 valence electrons. The van der Waals surface area contributed by atoms with E-state index in [-0.39, 0.29) is 0 Å². The van der Waals surface area contributed by atoms with Crippen LogP contribution in [0.5, 0.6) is 0 Å². The topological polar surface area (TPSA) is 103 Å². The fraction of sp³-hybridized carbons (Fsp3) is 0.0952. The normalized spacial score (nSPS) is 10.7. The van der Waals surface area contributed by atoms with E-state index in [0.717, 1.165) is 39.1 Å². The summed E-state index contributed by atoms with van der Waals surface area (Å²) in [7, 11) is 0. The molecule has 0 amide bonds. The van der Waals surface area contributed by atoms with Gasteiger partial charge >= 0.3 is 0 Å². The average molecular weight is 354 g/mol. The predicted molar refractivity (Wildman–Crippen MR) is 107 cm³/mol. The molecule has 27 heavy (non-hydrogen) atoms. The summed E-state index contributed by atoms with van der Waals surface area (Å²) in [6, 6.07) is 17.5. The third-order valence-corrected chi connectivity index (χ3v) is 4.53. The van der Waals surface area contributed by atoms with Gasteiger partial charge in [0.2, 0.25) is 0 Å². The van der Waals surface area contributed by atoms with Crippen molar-refractivity contribution in [3.8, 4) is 17.2 Å². The van der Waals surface area contributed by atoms with Crippen LogP contribution in [0, 0.1) is 18.3 Å². The van der Waals surface area contributed by atoms with Crippen molar-refractivity contribution in [3.63, 3.8) is 0 Å². The van der Waals surface area contributed by atoms with Crippen molar-refractivity contribution in [3.05, 3.63) is 71.5 Å². The largest absolute Gasteiger partial charge is 0.399 e. The fourth-order valence-corrected chi connectivity index (χ4v) is 3.15. The second-order valence-electron chi connectivity index (χ2n) is 6.40. The highest BCUT2D eigenvalue weighted by Gasteiger charge is 2.08. The number of H-pyrrole nitrogens is 1. The number of aromatic nitrogens is 3. The van der Waals surface area contributed by atoms with Gasteiger partial charge in [0.05, 0.1) is 29.4 Å². The molecule has 4 aromatic rings. The Labute approximate surface area is 156 Å². The molecule has 0 fully saturated rings. The summed E-state index contributed by atoms with van der Waals surface area (Å²) in [5, 5.41) is 20.7. The van der Waals surface area contributed by atoms with E-state index >= 15 is 0 Å². The first-order chi connectivity index (χ1) is 13.1. The first-order valence-electron chi connectivity index (χ1n) is 8.57. The van der Waals surface area contributed by atoms with Gasteiger partial charge in [0.25, 0.3) is 0 Å². The van der Waals surface area contributed by atoms with E-state index in [1.165, 1.54) is 0 Å². The third-order valence-electron chi connectivity index (χ3n) is 4.53. The molecule has 4 rings (SSSR count). The van der Waals surface area contributed by atoms with E-state index in [1.807, 2.05) is 55.5 Å². The molecule has 0 spiro atoms. The number of hydrogen-bond acceptors (Lipinski definition) is 5. The molecule has 0 atom stereocenters. The quantitative estimate of drug-likeness (QED) is 0.481. The van der Waals surface area contributed by atoms with Gasteiger partial charge in [-0.3, -0.25) is 5.10 Å². The summed E-state index contributed by atoms with van der Waals surface area (Å²) in [5.41, 5.74) is 12.3. The SMILES string of the molecule is Cc1cc(C#N)ccc1-c1ccnc(NCc2n[nH]c3ccc(N)cc23)c1. The highest BCUT2D eigenvalue weighted by molar-refractivity contribution is 5.84. The number of fused-ring (bicyclic) bond motifs is 1.